The predicted molar refractivity (Wildman–Crippen MR) is 61.1 cm³/mol. The van der Waals surface area contributed by atoms with Crippen LogP contribution in [0.4, 0.5) is 4.79 Å². The number of phenols is 2. The number of hydrogen-bond acceptors (Lipinski definition) is 5. The number of phenolic OH excluding ortho intramolecular Hbond substituents is 2. The van der Waals surface area contributed by atoms with E-state index in [0.717, 1.165) is 12.1 Å². The largest absolute Gasteiger partial charge is 0.504 e. The fourth-order valence-corrected chi connectivity index (χ4v) is 1.12. The van der Waals surface area contributed by atoms with E-state index in [1.165, 1.54) is 12.1 Å². The molecule has 18 heavy (non-hydrogen) atoms. The zero-order valence-corrected chi connectivity index (χ0v) is 9.04. The van der Waals surface area contributed by atoms with E-state index >= 15 is 0 Å². The number of imide groups is 1. The number of aromatic hydroxyl groups is 2. The fourth-order valence-electron chi connectivity index (χ4n) is 1.12. The van der Waals surface area contributed by atoms with E-state index in [4.69, 9.17) is 16.1 Å². The van der Waals surface area contributed by atoms with Crippen LogP contribution in [0.1, 0.15) is 5.56 Å². The molecule has 3 amide bonds. The number of urea groups is 1. The minimum atomic E-state index is -1.07. The Kier molecular flexibility index (Phi) is 3.89. The summed E-state index contributed by atoms with van der Waals surface area (Å²) in [6.45, 7) is 0. The number of carbonyl (C=O) groups excluding carboxylic acids is 2. The van der Waals surface area contributed by atoms with E-state index in [9.17, 15) is 14.7 Å². The van der Waals surface area contributed by atoms with Gasteiger partial charge in [-0.05, 0) is 23.8 Å². The number of nitrogens with one attached hydrogen (secondary N) is 1. The third-order valence-electron chi connectivity index (χ3n) is 1.91. The van der Waals surface area contributed by atoms with Gasteiger partial charge in [0.2, 0.25) is 0 Å². The molecule has 92 valence electrons. The molecule has 0 saturated carbocycles. The Balaban J connectivity index is 3.05. The van der Waals surface area contributed by atoms with Crippen molar-refractivity contribution in [1.29, 1.82) is 5.26 Å². The van der Waals surface area contributed by atoms with Crippen LogP contribution in [0.5, 0.6) is 11.5 Å². The Morgan fingerprint density at radius 3 is 2.50 bits per heavy atom. The molecule has 0 spiro atoms. The zero-order chi connectivity index (χ0) is 13.7. The molecule has 5 N–H and O–H groups in total. The van der Waals surface area contributed by atoms with Crippen LogP contribution in [-0.4, -0.2) is 22.2 Å². The number of rotatable bonds is 2. The minimum absolute atomic E-state index is 0.307. The van der Waals surface area contributed by atoms with Gasteiger partial charge in [0, 0.05) is 0 Å². The maximum absolute atomic E-state index is 11.3. The number of primary amides is 1. The standard InChI is InChI=1S/C11H9N3O4/c12-5-7(10(17)14-11(13)18)3-6-1-2-8(15)9(16)4-6/h1-4,15-16H,(H3,13,14,17,18)/b7-3-. The van der Waals surface area contributed by atoms with E-state index in [0.29, 0.717) is 5.56 Å². The van der Waals surface area contributed by atoms with Crippen LogP contribution in [0.25, 0.3) is 6.08 Å². The van der Waals surface area contributed by atoms with E-state index in [1.54, 1.807) is 11.4 Å². The summed E-state index contributed by atoms with van der Waals surface area (Å²) in [5.74, 6) is -1.67. The van der Waals surface area contributed by atoms with Crippen molar-refractivity contribution in [2.75, 3.05) is 0 Å². The molecule has 7 heteroatoms. The molecule has 0 aliphatic rings. The topological polar surface area (TPSA) is 136 Å². The molecule has 0 saturated heterocycles. The molecule has 0 aliphatic carbocycles. The van der Waals surface area contributed by atoms with Crippen LogP contribution >= 0.6 is 0 Å². The Bertz CT molecular complexity index is 572. The number of hydrogen-bond donors (Lipinski definition) is 4. The van der Waals surface area contributed by atoms with Crippen LogP contribution in [0.3, 0.4) is 0 Å². The van der Waals surface area contributed by atoms with Crippen molar-refractivity contribution >= 4 is 18.0 Å². The molecule has 0 aliphatic heterocycles. The van der Waals surface area contributed by atoms with Gasteiger partial charge in [0.15, 0.2) is 11.5 Å². The lowest BCUT2D eigenvalue weighted by Crippen LogP contribution is -2.35. The van der Waals surface area contributed by atoms with E-state index < -0.39 is 17.7 Å². The Labute approximate surface area is 102 Å². The molecule has 0 fully saturated rings. The maximum atomic E-state index is 11.3. The van der Waals surface area contributed by atoms with Crippen molar-refractivity contribution in [3.63, 3.8) is 0 Å². The highest BCUT2D eigenvalue weighted by molar-refractivity contribution is 6.08. The van der Waals surface area contributed by atoms with Gasteiger partial charge in [0.1, 0.15) is 11.6 Å². The molecule has 1 rings (SSSR count). The normalized spacial score (nSPS) is 10.5. The average Bonchev–Trinajstić information content (AvgIpc) is 2.29. The summed E-state index contributed by atoms with van der Waals surface area (Å²) >= 11 is 0. The van der Waals surface area contributed by atoms with Crippen LogP contribution in [0, 0.1) is 11.3 Å². The van der Waals surface area contributed by atoms with Gasteiger partial charge in [-0.3, -0.25) is 10.1 Å². The van der Waals surface area contributed by atoms with Crippen molar-refractivity contribution in [1.82, 2.24) is 5.32 Å². The van der Waals surface area contributed by atoms with Gasteiger partial charge in [0.25, 0.3) is 5.91 Å². The van der Waals surface area contributed by atoms with Gasteiger partial charge >= 0.3 is 6.03 Å². The van der Waals surface area contributed by atoms with Crippen molar-refractivity contribution in [2.24, 2.45) is 5.73 Å². The van der Waals surface area contributed by atoms with Crippen molar-refractivity contribution in [3.8, 4) is 17.6 Å². The predicted octanol–water partition coefficient (Wildman–Crippen LogP) is 0.200. The summed E-state index contributed by atoms with van der Waals surface area (Å²) in [5.41, 5.74) is 4.69. The van der Waals surface area contributed by atoms with Crippen LogP contribution in [0.2, 0.25) is 0 Å². The molecule has 0 radical (unpaired) electrons. The quantitative estimate of drug-likeness (QED) is 0.336. The second-order valence-corrected chi connectivity index (χ2v) is 3.24. The second kappa shape index (κ2) is 5.36. The molecular weight excluding hydrogens is 238 g/mol. The van der Waals surface area contributed by atoms with E-state index in [1.807, 2.05) is 0 Å². The van der Waals surface area contributed by atoms with E-state index in [2.05, 4.69) is 0 Å². The van der Waals surface area contributed by atoms with Crippen LogP contribution in [-0.2, 0) is 4.79 Å². The minimum Gasteiger partial charge on any atom is -0.504 e. The Hall–Kier alpha value is -3.01. The highest BCUT2D eigenvalue weighted by Crippen LogP contribution is 2.25. The zero-order valence-electron chi connectivity index (χ0n) is 9.04. The molecule has 0 atom stereocenters. The first-order valence-corrected chi connectivity index (χ1v) is 4.68. The molecule has 0 heterocycles. The molecule has 0 unspecified atom stereocenters. The number of nitriles is 1. The van der Waals surface area contributed by atoms with Gasteiger partial charge in [-0.25, -0.2) is 4.79 Å². The van der Waals surface area contributed by atoms with Gasteiger partial charge in [-0.15, -0.1) is 0 Å². The first-order chi connectivity index (χ1) is 8.43. The lowest BCUT2D eigenvalue weighted by molar-refractivity contribution is -0.115. The average molecular weight is 247 g/mol. The first kappa shape index (κ1) is 13.1. The lowest BCUT2D eigenvalue weighted by Gasteiger charge is -2.01. The molecule has 0 bridgehead atoms. The third-order valence-corrected chi connectivity index (χ3v) is 1.91. The van der Waals surface area contributed by atoms with Crippen LogP contribution in [0.15, 0.2) is 23.8 Å². The number of carbonyl (C=O) groups is 2. The summed E-state index contributed by atoms with van der Waals surface area (Å²) in [6, 6.07) is 4.25. The van der Waals surface area contributed by atoms with Crippen molar-refractivity contribution < 1.29 is 19.8 Å². The summed E-state index contributed by atoms with van der Waals surface area (Å²) in [6.07, 6.45) is 1.14. The number of nitrogens with two attached hydrogens (primary N) is 1. The van der Waals surface area contributed by atoms with Crippen molar-refractivity contribution in [2.45, 2.75) is 0 Å². The Morgan fingerprint density at radius 2 is 2.00 bits per heavy atom. The molecular formula is C11H9N3O4. The highest BCUT2D eigenvalue weighted by Gasteiger charge is 2.11. The number of nitrogens with zero attached hydrogens (tertiary/aromatic N) is 1. The highest BCUT2D eigenvalue weighted by atomic mass is 16.3. The molecule has 1 aromatic rings. The Morgan fingerprint density at radius 1 is 1.33 bits per heavy atom. The smallest absolute Gasteiger partial charge is 0.319 e. The number of amides is 3. The first-order valence-electron chi connectivity index (χ1n) is 4.68. The second-order valence-electron chi connectivity index (χ2n) is 3.24. The summed E-state index contributed by atoms with van der Waals surface area (Å²) in [4.78, 5) is 21.8. The van der Waals surface area contributed by atoms with Gasteiger partial charge in [-0.2, -0.15) is 5.26 Å². The summed E-state index contributed by atoms with van der Waals surface area (Å²) in [5, 5.41) is 28.8. The maximum Gasteiger partial charge on any atom is 0.319 e. The van der Waals surface area contributed by atoms with Crippen molar-refractivity contribution in [3.05, 3.63) is 29.3 Å². The molecule has 1 aromatic carbocycles. The molecule has 0 aromatic heterocycles. The summed E-state index contributed by atoms with van der Waals surface area (Å²) in [7, 11) is 0. The molecule has 7 nitrogen and oxygen atoms in total. The summed E-state index contributed by atoms with van der Waals surface area (Å²) < 4.78 is 0. The van der Waals surface area contributed by atoms with Crippen LogP contribution < -0.4 is 11.1 Å². The number of benzene rings is 1. The van der Waals surface area contributed by atoms with Gasteiger partial charge in [0.05, 0.1) is 0 Å². The third kappa shape index (κ3) is 3.24. The van der Waals surface area contributed by atoms with Gasteiger partial charge in [-0.1, -0.05) is 6.07 Å². The monoisotopic (exact) mass is 247 g/mol. The van der Waals surface area contributed by atoms with Gasteiger partial charge < -0.3 is 15.9 Å². The SMILES string of the molecule is N#C/C(=C/c1ccc(O)c(O)c1)C(=O)NC(N)=O. The lowest BCUT2D eigenvalue weighted by atomic mass is 10.1. The fraction of sp³-hybridized carbons (Fsp3) is 0. The van der Waals surface area contributed by atoms with E-state index in [-0.39, 0.29) is 11.3 Å².